The summed E-state index contributed by atoms with van der Waals surface area (Å²) >= 11 is 1.22. The maximum absolute atomic E-state index is 12.5. The average molecular weight is 394 g/mol. The van der Waals surface area contributed by atoms with E-state index in [0.29, 0.717) is 16.4 Å². The van der Waals surface area contributed by atoms with E-state index in [9.17, 15) is 8.42 Å². The molecule has 0 unspecified atom stereocenters. The van der Waals surface area contributed by atoms with Crippen LogP contribution in [0.4, 0.5) is 5.69 Å². The van der Waals surface area contributed by atoms with Gasteiger partial charge in [-0.3, -0.25) is 4.72 Å². The molecule has 2 heterocycles. The Bertz CT molecular complexity index is 783. The number of hydrogen-bond donors (Lipinski definition) is 2. The van der Waals surface area contributed by atoms with Gasteiger partial charge in [-0.1, -0.05) is 24.3 Å². The van der Waals surface area contributed by atoms with Crippen molar-refractivity contribution in [2.75, 3.05) is 31.4 Å². The van der Waals surface area contributed by atoms with Gasteiger partial charge < -0.3 is 10.2 Å². The molecule has 0 atom stereocenters. The van der Waals surface area contributed by atoms with E-state index in [1.54, 1.807) is 17.5 Å². The maximum atomic E-state index is 12.5. The van der Waals surface area contributed by atoms with Crippen molar-refractivity contribution < 1.29 is 8.42 Å². The van der Waals surface area contributed by atoms with Gasteiger partial charge in [-0.05, 0) is 74.9 Å². The van der Waals surface area contributed by atoms with Gasteiger partial charge in [0.05, 0.1) is 5.69 Å². The Kier molecular flexibility index (Phi) is 6.69. The molecule has 0 saturated carbocycles. The van der Waals surface area contributed by atoms with Crippen molar-refractivity contribution in [3.8, 4) is 0 Å². The first-order valence-electron chi connectivity index (χ1n) is 9.08. The van der Waals surface area contributed by atoms with Crippen LogP contribution in [0.5, 0.6) is 0 Å². The fourth-order valence-corrected chi connectivity index (χ4v) is 5.36. The molecule has 3 rings (SSSR count). The smallest absolute Gasteiger partial charge is 0.271 e. The van der Waals surface area contributed by atoms with Crippen LogP contribution in [0.1, 0.15) is 24.8 Å². The summed E-state index contributed by atoms with van der Waals surface area (Å²) in [5, 5.41) is 5.24. The lowest BCUT2D eigenvalue weighted by molar-refractivity contribution is 0.211. The maximum Gasteiger partial charge on any atom is 0.271 e. The summed E-state index contributed by atoms with van der Waals surface area (Å²) in [4.78, 5) is 2.39. The minimum Gasteiger partial charge on any atom is -0.313 e. The zero-order chi connectivity index (χ0) is 18.4. The van der Waals surface area contributed by atoms with Crippen molar-refractivity contribution in [1.29, 1.82) is 0 Å². The monoisotopic (exact) mass is 393 g/mol. The van der Waals surface area contributed by atoms with Gasteiger partial charge in [0.25, 0.3) is 10.0 Å². The highest BCUT2D eigenvalue weighted by molar-refractivity contribution is 7.94. The summed E-state index contributed by atoms with van der Waals surface area (Å²) in [6.45, 7) is 4.01. The van der Waals surface area contributed by atoms with E-state index in [1.165, 1.54) is 43.7 Å². The predicted octanol–water partition coefficient (Wildman–Crippen LogP) is 3.37. The van der Waals surface area contributed by atoms with E-state index in [1.807, 2.05) is 24.3 Å². The molecule has 1 aromatic heterocycles. The number of benzene rings is 1. The topological polar surface area (TPSA) is 61.4 Å². The highest BCUT2D eigenvalue weighted by Crippen LogP contribution is 2.23. The Hall–Kier alpha value is -1.41. The van der Waals surface area contributed by atoms with Crippen molar-refractivity contribution in [3.63, 3.8) is 0 Å². The SMILES string of the molecule is CN1CCC(CCNCc2ccccc2NS(=O)(=O)c2cccs2)CC1. The minimum atomic E-state index is -3.51. The summed E-state index contributed by atoms with van der Waals surface area (Å²) in [6, 6.07) is 10.9. The van der Waals surface area contributed by atoms with Gasteiger partial charge in [-0.25, -0.2) is 8.42 Å². The third-order valence-corrected chi connectivity index (χ3v) is 7.67. The first-order chi connectivity index (χ1) is 12.5. The highest BCUT2D eigenvalue weighted by atomic mass is 32.2. The van der Waals surface area contributed by atoms with Crippen LogP contribution < -0.4 is 10.0 Å². The van der Waals surface area contributed by atoms with E-state index in [-0.39, 0.29) is 0 Å². The van der Waals surface area contributed by atoms with E-state index in [2.05, 4.69) is 22.0 Å². The standard InChI is InChI=1S/C19H27N3O2S2/c1-22-12-9-16(10-13-22)8-11-20-15-17-5-2-3-6-18(17)21-26(23,24)19-7-4-14-25-19/h2-7,14,16,20-21H,8-13,15H2,1H3. The predicted molar refractivity (Wildman–Crippen MR) is 108 cm³/mol. The summed E-state index contributed by atoms with van der Waals surface area (Å²) in [5.74, 6) is 0.797. The molecule has 2 N–H and O–H groups in total. The molecule has 26 heavy (non-hydrogen) atoms. The van der Waals surface area contributed by atoms with Crippen LogP contribution in [0.25, 0.3) is 0 Å². The molecule has 0 spiro atoms. The number of nitrogens with zero attached hydrogens (tertiary/aromatic N) is 1. The molecule has 7 heteroatoms. The number of piperidine rings is 1. The molecule has 0 bridgehead atoms. The van der Waals surface area contributed by atoms with Crippen molar-refractivity contribution in [2.24, 2.45) is 5.92 Å². The molecule has 1 aliphatic heterocycles. The van der Waals surface area contributed by atoms with Gasteiger partial charge in [0.15, 0.2) is 0 Å². The molecule has 1 aliphatic rings. The van der Waals surface area contributed by atoms with Gasteiger partial charge in [0.1, 0.15) is 4.21 Å². The van der Waals surface area contributed by atoms with Crippen LogP contribution in [0.15, 0.2) is 46.0 Å². The van der Waals surface area contributed by atoms with Crippen LogP contribution in [0.2, 0.25) is 0 Å². The molecular formula is C19H27N3O2S2. The van der Waals surface area contributed by atoms with Crippen LogP contribution in [-0.4, -0.2) is 40.0 Å². The normalized spacial score (nSPS) is 16.7. The lowest BCUT2D eigenvalue weighted by Crippen LogP contribution is -2.31. The van der Waals surface area contributed by atoms with Crippen molar-refractivity contribution >= 4 is 27.0 Å². The number of anilines is 1. The molecule has 0 amide bonds. The van der Waals surface area contributed by atoms with Gasteiger partial charge in [-0.2, -0.15) is 0 Å². The molecule has 142 valence electrons. The van der Waals surface area contributed by atoms with Crippen LogP contribution in [0, 0.1) is 5.92 Å². The average Bonchev–Trinajstić information content (AvgIpc) is 3.17. The van der Waals surface area contributed by atoms with E-state index >= 15 is 0 Å². The zero-order valence-electron chi connectivity index (χ0n) is 15.1. The number of para-hydroxylation sites is 1. The van der Waals surface area contributed by atoms with E-state index in [0.717, 1.165) is 18.0 Å². The third kappa shape index (κ3) is 5.30. The summed E-state index contributed by atoms with van der Waals surface area (Å²) in [6.07, 6.45) is 3.72. The molecule has 2 aromatic rings. The Morgan fingerprint density at radius 2 is 1.92 bits per heavy atom. The summed E-state index contributed by atoms with van der Waals surface area (Å²) in [7, 11) is -1.33. The number of thiophene rings is 1. The summed E-state index contributed by atoms with van der Waals surface area (Å²) < 4.78 is 28.0. The second-order valence-electron chi connectivity index (χ2n) is 6.91. The molecule has 0 aliphatic carbocycles. The van der Waals surface area contributed by atoms with Gasteiger partial charge >= 0.3 is 0 Å². The molecule has 1 aromatic carbocycles. The molecular weight excluding hydrogens is 366 g/mol. The Labute approximate surface area is 160 Å². The molecule has 1 saturated heterocycles. The quantitative estimate of drug-likeness (QED) is 0.675. The Balaban J connectivity index is 1.53. The molecule has 0 radical (unpaired) electrons. The lowest BCUT2D eigenvalue weighted by atomic mass is 9.94. The third-order valence-electron chi connectivity index (χ3n) is 4.90. The Morgan fingerprint density at radius 1 is 1.15 bits per heavy atom. The van der Waals surface area contributed by atoms with Crippen molar-refractivity contribution in [2.45, 2.75) is 30.0 Å². The first-order valence-corrected chi connectivity index (χ1v) is 11.4. The van der Waals surface area contributed by atoms with Gasteiger partial charge in [-0.15, -0.1) is 11.3 Å². The number of hydrogen-bond acceptors (Lipinski definition) is 5. The van der Waals surface area contributed by atoms with Crippen LogP contribution in [-0.2, 0) is 16.6 Å². The Morgan fingerprint density at radius 3 is 2.65 bits per heavy atom. The van der Waals surface area contributed by atoms with E-state index < -0.39 is 10.0 Å². The number of likely N-dealkylation sites (tertiary alicyclic amines) is 1. The zero-order valence-corrected chi connectivity index (χ0v) is 16.8. The first kappa shape index (κ1) is 19.4. The fraction of sp³-hybridized carbons (Fsp3) is 0.474. The molecule has 5 nitrogen and oxygen atoms in total. The van der Waals surface area contributed by atoms with Gasteiger partial charge in [0, 0.05) is 6.54 Å². The van der Waals surface area contributed by atoms with Gasteiger partial charge in [0.2, 0.25) is 0 Å². The molecule has 1 fully saturated rings. The van der Waals surface area contributed by atoms with E-state index in [4.69, 9.17) is 0 Å². The van der Waals surface area contributed by atoms with Crippen LogP contribution >= 0.6 is 11.3 Å². The number of nitrogens with one attached hydrogen (secondary N) is 2. The second kappa shape index (κ2) is 8.99. The van der Waals surface area contributed by atoms with Crippen molar-refractivity contribution in [1.82, 2.24) is 10.2 Å². The summed E-state index contributed by atoms with van der Waals surface area (Å²) in [5.41, 5.74) is 1.61. The van der Waals surface area contributed by atoms with Crippen molar-refractivity contribution in [3.05, 3.63) is 47.3 Å². The minimum absolute atomic E-state index is 0.336. The fourth-order valence-electron chi connectivity index (χ4n) is 3.27. The number of sulfonamides is 1. The number of rotatable bonds is 8. The largest absolute Gasteiger partial charge is 0.313 e. The second-order valence-corrected chi connectivity index (χ2v) is 9.76. The highest BCUT2D eigenvalue weighted by Gasteiger charge is 2.17. The van der Waals surface area contributed by atoms with Crippen LogP contribution in [0.3, 0.4) is 0 Å². The lowest BCUT2D eigenvalue weighted by Gasteiger charge is -2.28.